The van der Waals surface area contributed by atoms with Gasteiger partial charge in [-0.25, -0.2) is 18.9 Å². The summed E-state index contributed by atoms with van der Waals surface area (Å²) in [6, 6.07) is 7.94. The Balaban J connectivity index is 1.80. The van der Waals surface area contributed by atoms with E-state index in [9.17, 15) is 14.0 Å². The molecule has 0 bridgehead atoms. The van der Waals surface area contributed by atoms with Crippen molar-refractivity contribution in [3.63, 3.8) is 0 Å². The van der Waals surface area contributed by atoms with Gasteiger partial charge >= 0.3 is 5.69 Å². The van der Waals surface area contributed by atoms with Crippen LogP contribution in [0.25, 0.3) is 5.69 Å². The van der Waals surface area contributed by atoms with Crippen molar-refractivity contribution in [1.82, 2.24) is 19.7 Å². The average Bonchev–Trinajstić information content (AvgIpc) is 2.98. The number of carbonyl (C=O) groups is 1. The van der Waals surface area contributed by atoms with Gasteiger partial charge in [0.2, 0.25) is 5.91 Å². The average molecular weight is 327 g/mol. The maximum absolute atomic E-state index is 12.8. The van der Waals surface area contributed by atoms with E-state index in [4.69, 9.17) is 0 Å². The fraction of sp³-hybridized carbons (Fsp3) is 0.125. The summed E-state index contributed by atoms with van der Waals surface area (Å²) in [5, 5.41) is 8.79. The number of hydrogen-bond donors (Lipinski definition) is 2. The Labute approximate surface area is 136 Å². The second kappa shape index (κ2) is 6.45. The number of nitrogens with zero attached hydrogens (tertiary/aromatic N) is 3. The highest BCUT2D eigenvalue weighted by Gasteiger charge is 2.11. The van der Waals surface area contributed by atoms with E-state index < -0.39 is 5.82 Å². The van der Waals surface area contributed by atoms with Crippen molar-refractivity contribution >= 4 is 11.6 Å². The number of nitrogens with one attached hydrogen (secondary N) is 2. The van der Waals surface area contributed by atoms with Crippen LogP contribution in [0.2, 0.25) is 0 Å². The summed E-state index contributed by atoms with van der Waals surface area (Å²) in [5.41, 5.74) is 2.02. The molecule has 0 aliphatic carbocycles. The molecule has 3 aromatic rings. The van der Waals surface area contributed by atoms with Crippen LogP contribution in [0.3, 0.4) is 0 Å². The Bertz CT molecular complexity index is 930. The molecule has 2 aromatic heterocycles. The molecular weight excluding hydrogens is 313 g/mol. The highest BCUT2D eigenvalue weighted by Crippen LogP contribution is 2.21. The molecular formula is C16H14FN5O2. The Hall–Kier alpha value is -3.29. The Morgan fingerprint density at radius 3 is 2.83 bits per heavy atom. The molecule has 0 spiro atoms. The predicted octanol–water partition coefficient (Wildman–Crippen LogP) is 1.58. The molecule has 122 valence electrons. The summed E-state index contributed by atoms with van der Waals surface area (Å²) < 4.78 is 14.2. The molecule has 3 rings (SSSR count). The van der Waals surface area contributed by atoms with E-state index in [1.165, 1.54) is 23.0 Å². The second-order valence-electron chi connectivity index (χ2n) is 5.17. The van der Waals surface area contributed by atoms with Gasteiger partial charge < -0.3 is 5.32 Å². The molecule has 0 radical (unpaired) electrons. The summed E-state index contributed by atoms with van der Waals surface area (Å²) in [4.78, 5) is 27.7. The molecule has 0 aliphatic heterocycles. The SMILES string of the molecule is Cc1c(NC(=O)Cc2ccc(F)cn2)cccc1-n1cn[nH]c1=O. The van der Waals surface area contributed by atoms with Crippen molar-refractivity contribution in [2.45, 2.75) is 13.3 Å². The number of hydrogen-bond acceptors (Lipinski definition) is 4. The molecule has 8 heteroatoms. The van der Waals surface area contributed by atoms with Crippen LogP contribution < -0.4 is 11.0 Å². The first-order valence-electron chi connectivity index (χ1n) is 7.17. The Morgan fingerprint density at radius 1 is 1.33 bits per heavy atom. The molecule has 2 N–H and O–H groups in total. The van der Waals surface area contributed by atoms with Crippen LogP contribution in [0.1, 0.15) is 11.3 Å². The molecule has 24 heavy (non-hydrogen) atoms. The molecule has 0 aliphatic rings. The van der Waals surface area contributed by atoms with Crippen LogP contribution in [0, 0.1) is 12.7 Å². The number of aromatic nitrogens is 4. The summed E-state index contributed by atoms with van der Waals surface area (Å²) in [7, 11) is 0. The number of halogens is 1. The lowest BCUT2D eigenvalue weighted by Gasteiger charge is -2.12. The smallest absolute Gasteiger partial charge is 0.325 e. The van der Waals surface area contributed by atoms with Gasteiger partial charge in [0.1, 0.15) is 12.1 Å². The highest BCUT2D eigenvalue weighted by atomic mass is 19.1. The van der Waals surface area contributed by atoms with Crippen molar-refractivity contribution in [2.24, 2.45) is 0 Å². The summed E-state index contributed by atoms with van der Waals surface area (Å²) >= 11 is 0. The van der Waals surface area contributed by atoms with Crippen molar-refractivity contribution < 1.29 is 9.18 Å². The molecule has 1 amide bonds. The van der Waals surface area contributed by atoms with Crippen LogP contribution in [0.5, 0.6) is 0 Å². The molecule has 7 nitrogen and oxygen atoms in total. The fourth-order valence-electron chi connectivity index (χ4n) is 2.31. The summed E-state index contributed by atoms with van der Waals surface area (Å²) in [5.74, 6) is -0.734. The van der Waals surface area contributed by atoms with Gasteiger partial charge in [-0.2, -0.15) is 5.10 Å². The minimum atomic E-state index is -0.451. The maximum Gasteiger partial charge on any atom is 0.347 e. The zero-order chi connectivity index (χ0) is 17.1. The number of anilines is 1. The van der Waals surface area contributed by atoms with Crippen molar-refractivity contribution in [2.75, 3.05) is 5.32 Å². The number of benzene rings is 1. The van der Waals surface area contributed by atoms with Gasteiger partial charge in [-0.1, -0.05) is 6.07 Å². The van der Waals surface area contributed by atoms with Crippen molar-refractivity contribution in [3.8, 4) is 5.69 Å². The predicted molar refractivity (Wildman–Crippen MR) is 85.5 cm³/mol. The first-order chi connectivity index (χ1) is 11.5. The van der Waals surface area contributed by atoms with E-state index in [0.29, 0.717) is 17.1 Å². The van der Waals surface area contributed by atoms with Crippen LogP contribution >= 0.6 is 0 Å². The fourth-order valence-corrected chi connectivity index (χ4v) is 2.31. The number of rotatable bonds is 4. The summed E-state index contributed by atoms with van der Waals surface area (Å²) in [6.07, 6.45) is 2.47. The van der Waals surface area contributed by atoms with Crippen LogP contribution in [-0.4, -0.2) is 25.7 Å². The summed E-state index contributed by atoms with van der Waals surface area (Å²) in [6.45, 7) is 1.79. The third-order valence-corrected chi connectivity index (χ3v) is 3.52. The van der Waals surface area contributed by atoms with Crippen LogP contribution in [0.15, 0.2) is 47.7 Å². The van der Waals surface area contributed by atoms with Gasteiger partial charge in [0.25, 0.3) is 0 Å². The number of amides is 1. The first kappa shape index (κ1) is 15.6. The van der Waals surface area contributed by atoms with Gasteiger partial charge in [0.05, 0.1) is 18.3 Å². The van der Waals surface area contributed by atoms with Gasteiger partial charge in [0.15, 0.2) is 0 Å². The molecule has 2 heterocycles. The zero-order valence-corrected chi connectivity index (χ0v) is 12.8. The Kier molecular flexibility index (Phi) is 4.19. The lowest BCUT2D eigenvalue weighted by molar-refractivity contribution is -0.115. The van der Waals surface area contributed by atoms with E-state index >= 15 is 0 Å². The minimum absolute atomic E-state index is 0.0234. The van der Waals surface area contributed by atoms with Crippen LogP contribution in [0.4, 0.5) is 10.1 Å². The molecule has 0 saturated carbocycles. The molecule has 0 unspecified atom stereocenters. The van der Waals surface area contributed by atoms with Gasteiger partial charge in [-0.3, -0.25) is 9.78 Å². The van der Waals surface area contributed by atoms with E-state index in [1.807, 2.05) is 0 Å². The van der Waals surface area contributed by atoms with Gasteiger partial charge in [0, 0.05) is 11.4 Å². The number of pyridine rings is 1. The van der Waals surface area contributed by atoms with E-state index in [1.54, 1.807) is 25.1 Å². The third kappa shape index (κ3) is 3.22. The maximum atomic E-state index is 12.8. The van der Waals surface area contributed by atoms with Gasteiger partial charge in [-0.15, -0.1) is 0 Å². The largest absolute Gasteiger partial charge is 0.347 e. The number of aromatic amines is 1. The highest BCUT2D eigenvalue weighted by molar-refractivity contribution is 5.93. The van der Waals surface area contributed by atoms with E-state index in [2.05, 4.69) is 20.5 Å². The quantitative estimate of drug-likeness (QED) is 0.761. The zero-order valence-electron chi connectivity index (χ0n) is 12.8. The van der Waals surface area contributed by atoms with E-state index in [-0.39, 0.29) is 18.0 Å². The minimum Gasteiger partial charge on any atom is -0.325 e. The first-order valence-corrected chi connectivity index (χ1v) is 7.17. The lowest BCUT2D eigenvalue weighted by Crippen LogP contribution is -2.18. The van der Waals surface area contributed by atoms with Gasteiger partial charge in [-0.05, 0) is 36.8 Å². The molecule has 1 aromatic carbocycles. The standard InChI is InChI=1S/C16H14FN5O2/c1-10-13(3-2-4-14(10)22-9-19-21-16(22)24)20-15(23)7-12-6-5-11(17)8-18-12/h2-6,8-9H,7H2,1H3,(H,20,23)(H,21,24). The lowest BCUT2D eigenvalue weighted by atomic mass is 10.1. The molecule has 0 saturated heterocycles. The van der Waals surface area contributed by atoms with Crippen molar-refractivity contribution in [1.29, 1.82) is 0 Å². The molecule has 0 fully saturated rings. The van der Waals surface area contributed by atoms with Crippen molar-refractivity contribution in [3.05, 3.63) is 70.4 Å². The second-order valence-corrected chi connectivity index (χ2v) is 5.17. The topological polar surface area (TPSA) is 92.7 Å². The normalized spacial score (nSPS) is 10.6. The third-order valence-electron chi connectivity index (χ3n) is 3.52. The number of carbonyl (C=O) groups excluding carboxylic acids is 1. The number of H-pyrrole nitrogens is 1. The monoisotopic (exact) mass is 327 g/mol. The van der Waals surface area contributed by atoms with E-state index in [0.717, 1.165) is 11.8 Å². The molecule has 0 atom stereocenters. The van der Waals surface area contributed by atoms with Crippen LogP contribution in [-0.2, 0) is 11.2 Å². The Morgan fingerprint density at radius 2 is 2.17 bits per heavy atom.